The van der Waals surface area contributed by atoms with Gasteiger partial charge >= 0.3 is 0 Å². The van der Waals surface area contributed by atoms with Crippen LogP contribution in [0.25, 0.3) is 0 Å². The topological polar surface area (TPSA) is 50.6 Å². The van der Waals surface area contributed by atoms with Gasteiger partial charge < -0.3 is 9.64 Å². The standard InChI is InChI=1S/C32H41ClN4O2/c1-25-17-29(13-14-30(25)33)39-24-32(18-31(38)35(2)20-26-9-4-3-5-10-26)15-8-16-36(23-32)21-27-19-34-37(22-27)28-11-6-7-12-28/h3-5,9-10,13-14,17,19,22,28H,6-8,11-12,15-16,18,20-21,23-24H2,1-2H3/t32-/m0/s1. The van der Waals surface area contributed by atoms with Crippen LogP contribution < -0.4 is 4.74 Å². The Balaban J connectivity index is 1.29. The lowest BCUT2D eigenvalue weighted by atomic mass is 9.77. The number of rotatable bonds is 10. The van der Waals surface area contributed by atoms with Crippen molar-refractivity contribution >= 4 is 17.5 Å². The van der Waals surface area contributed by atoms with Crippen LogP contribution >= 0.6 is 11.6 Å². The first-order valence-electron chi connectivity index (χ1n) is 14.3. The van der Waals surface area contributed by atoms with Gasteiger partial charge in [-0.25, -0.2) is 0 Å². The third-order valence-corrected chi connectivity index (χ3v) is 8.81. The van der Waals surface area contributed by atoms with Gasteiger partial charge in [0, 0.05) is 55.3 Å². The highest BCUT2D eigenvalue weighted by atomic mass is 35.5. The summed E-state index contributed by atoms with van der Waals surface area (Å²) in [7, 11) is 1.91. The molecule has 2 aromatic carbocycles. The van der Waals surface area contributed by atoms with Gasteiger partial charge in [0.1, 0.15) is 5.75 Å². The predicted molar refractivity (Wildman–Crippen MR) is 156 cm³/mol. The second-order valence-electron chi connectivity index (χ2n) is 11.7. The number of ether oxygens (including phenoxy) is 1. The Morgan fingerprint density at radius 3 is 2.69 bits per heavy atom. The van der Waals surface area contributed by atoms with Gasteiger partial charge in [0.05, 0.1) is 18.8 Å². The van der Waals surface area contributed by atoms with Crippen molar-refractivity contribution in [3.05, 3.63) is 82.6 Å². The summed E-state index contributed by atoms with van der Waals surface area (Å²) in [4.78, 5) is 17.9. The van der Waals surface area contributed by atoms with Crippen molar-refractivity contribution < 1.29 is 9.53 Å². The van der Waals surface area contributed by atoms with E-state index in [0.29, 0.717) is 25.6 Å². The Kier molecular flexibility index (Phi) is 8.93. The van der Waals surface area contributed by atoms with E-state index in [-0.39, 0.29) is 11.3 Å². The highest BCUT2D eigenvalue weighted by Gasteiger charge is 2.39. The monoisotopic (exact) mass is 548 g/mol. The van der Waals surface area contributed by atoms with Crippen LogP contribution in [0.4, 0.5) is 0 Å². The lowest BCUT2D eigenvalue weighted by molar-refractivity contribution is -0.135. The molecule has 1 aliphatic carbocycles. The SMILES string of the molecule is Cc1cc(OC[C@]2(CC(=O)N(C)Cc3ccccc3)CCCN(Cc3cnn(C4CCCC4)c3)C2)ccc1Cl. The number of amides is 1. The minimum absolute atomic E-state index is 0.158. The smallest absolute Gasteiger partial charge is 0.223 e. The first-order chi connectivity index (χ1) is 18.9. The van der Waals surface area contributed by atoms with E-state index in [2.05, 4.69) is 27.9 Å². The molecule has 0 unspecified atom stereocenters. The molecular formula is C32H41ClN4O2. The van der Waals surface area contributed by atoms with Crippen LogP contribution in [0.15, 0.2) is 60.9 Å². The molecule has 1 saturated carbocycles. The van der Waals surface area contributed by atoms with Gasteiger partial charge in [0.15, 0.2) is 0 Å². The summed E-state index contributed by atoms with van der Waals surface area (Å²) >= 11 is 6.25. The van der Waals surface area contributed by atoms with E-state index in [1.807, 2.05) is 61.5 Å². The zero-order valence-corrected chi connectivity index (χ0v) is 24.1. The number of halogens is 1. The minimum Gasteiger partial charge on any atom is -0.493 e. The molecule has 3 aromatic rings. The van der Waals surface area contributed by atoms with Crippen LogP contribution in [0, 0.1) is 12.3 Å². The van der Waals surface area contributed by atoms with Crippen molar-refractivity contribution in [3.63, 3.8) is 0 Å². The second-order valence-corrected chi connectivity index (χ2v) is 12.1. The molecule has 0 spiro atoms. The molecule has 1 aromatic heterocycles. The zero-order valence-electron chi connectivity index (χ0n) is 23.3. The molecule has 2 heterocycles. The summed E-state index contributed by atoms with van der Waals surface area (Å²) in [5, 5.41) is 5.43. The van der Waals surface area contributed by atoms with E-state index >= 15 is 0 Å². The van der Waals surface area contributed by atoms with Gasteiger partial charge in [-0.3, -0.25) is 14.4 Å². The maximum atomic E-state index is 13.6. The number of hydrogen-bond acceptors (Lipinski definition) is 4. The lowest BCUT2D eigenvalue weighted by Gasteiger charge is -2.43. The summed E-state index contributed by atoms with van der Waals surface area (Å²) in [5.74, 6) is 0.960. The zero-order chi connectivity index (χ0) is 27.2. The molecule has 0 radical (unpaired) electrons. The van der Waals surface area contributed by atoms with E-state index in [0.717, 1.165) is 54.4 Å². The normalized spacial score (nSPS) is 20.3. The van der Waals surface area contributed by atoms with Crippen molar-refractivity contribution in [2.45, 2.75) is 71.0 Å². The summed E-state index contributed by atoms with van der Waals surface area (Å²) in [5.41, 5.74) is 3.11. The van der Waals surface area contributed by atoms with Gasteiger partial charge in [-0.2, -0.15) is 5.10 Å². The largest absolute Gasteiger partial charge is 0.493 e. The molecule has 0 bridgehead atoms. The van der Waals surface area contributed by atoms with Crippen LogP contribution in [0.3, 0.4) is 0 Å². The third-order valence-electron chi connectivity index (χ3n) is 8.39. The van der Waals surface area contributed by atoms with Gasteiger partial charge in [-0.05, 0) is 68.5 Å². The van der Waals surface area contributed by atoms with Gasteiger partial charge in [-0.1, -0.05) is 54.8 Å². The molecule has 2 fully saturated rings. The number of hydrogen-bond donors (Lipinski definition) is 0. The van der Waals surface area contributed by atoms with Crippen LogP contribution in [0.5, 0.6) is 5.75 Å². The number of aryl methyl sites for hydroxylation is 1. The number of carbonyl (C=O) groups is 1. The van der Waals surface area contributed by atoms with Crippen LogP contribution in [-0.2, 0) is 17.9 Å². The fourth-order valence-electron chi connectivity index (χ4n) is 6.19. The number of likely N-dealkylation sites (tertiary alicyclic amines) is 1. The van der Waals surface area contributed by atoms with Crippen LogP contribution in [0.2, 0.25) is 5.02 Å². The number of nitrogens with zero attached hydrogens (tertiary/aromatic N) is 4. The average Bonchev–Trinajstić information content (AvgIpc) is 3.63. The molecule has 39 heavy (non-hydrogen) atoms. The molecule has 1 atom stereocenters. The predicted octanol–water partition coefficient (Wildman–Crippen LogP) is 6.67. The van der Waals surface area contributed by atoms with Crippen LogP contribution in [0.1, 0.15) is 67.7 Å². The Bertz CT molecular complexity index is 1240. The molecular weight excluding hydrogens is 508 g/mol. The van der Waals surface area contributed by atoms with Crippen molar-refractivity contribution in [1.82, 2.24) is 19.6 Å². The highest BCUT2D eigenvalue weighted by molar-refractivity contribution is 6.31. The lowest BCUT2D eigenvalue weighted by Crippen LogP contribution is -2.48. The van der Waals surface area contributed by atoms with E-state index in [1.165, 1.54) is 31.2 Å². The molecule has 1 amide bonds. The molecule has 2 aliphatic rings. The Morgan fingerprint density at radius 2 is 1.92 bits per heavy atom. The number of piperidine rings is 1. The molecule has 0 N–H and O–H groups in total. The van der Waals surface area contributed by atoms with E-state index in [1.54, 1.807) is 0 Å². The molecule has 6 nitrogen and oxygen atoms in total. The summed E-state index contributed by atoms with van der Waals surface area (Å²) in [6.45, 7) is 5.78. The number of aromatic nitrogens is 2. The van der Waals surface area contributed by atoms with Crippen molar-refractivity contribution in [1.29, 1.82) is 0 Å². The minimum atomic E-state index is -0.269. The van der Waals surface area contributed by atoms with Gasteiger partial charge in [-0.15, -0.1) is 0 Å². The summed E-state index contributed by atoms with van der Waals surface area (Å²) < 4.78 is 8.56. The fraction of sp³-hybridized carbons (Fsp3) is 0.500. The first-order valence-corrected chi connectivity index (χ1v) is 14.7. The molecule has 5 rings (SSSR count). The number of benzene rings is 2. The maximum absolute atomic E-state index is 13.6. The fourth-order valence-corrected chi connectivity index (χ4v) is 6.31. The second kappa shape index (κ2) is 12.6. The van der Waals surface area contributed by atoms with E-state index in [4.69, 9.17) is 21.4 Å². The first kappa shape index (κ1) is 27.7. The molecule has 1 aliphatic heterocycles. The summed E-state index contributed by atoms with van der Waals surface area (Å²) in [6.07, 6.45) is 11.8. The maximum Gasteiger partial charge on any atom is 0.223 e. The van der Waals surface area contributed by atoms with Crippen molar-refractivity contribution in [2.24, 2.45) is 5.41 Å². The van der Waals surface area contributed by atoms with Crippen LogP contribution in [-0.4, -0.2) is 52.2 Å². The summed E-state index contributed by atoms with van der Waals surface area (Å²) in [6, 6.07) is 16.5. The third kappa shape index (κ3) is 7.23. The van der Waals surface area contributed by atoms with Crippen molar-refractivity contribution in [3.8, 4) is 5.75 Å². The molecule has 7 heteroatoms. The average molecular weight is 549 g/mol. The Morgan fingerprint density at radius 1 is 1.13 bits per heavy atom. The molecule has 1 saturated heterocycles. The van der Waals surface area contributed by atoms with Crippen molar-refractivity contribution in [2.75, 3.05) is 26.7 Å². The molecule has 208 valence electrons. The number of carbonyl (C=O) groups excluding carboxylic acids is 1. The Labute approximate surface area is 237 Å². The van der Waals surface area contributed by atoms with E-state index in [9.17, 15) is 4.79 Å². The Hall–Kier alpha value is -2.83. The van der Waals surface area contributed by atoms with Gasteiger partial charge in [0.25, 0.3) is 0 Å². The van der Waals surface area contributed by atoms with E-state index < -0.39 is 0 Å². The van der Waals surface area contributed by atoms with Gasteiger partial charge in [0.2, 0.25) is 5.91 Å². The highest BCUT2D eigenvalue weighted by Crippen LogP contribution is 2.36. The quantitative estimate of drug-likeness (QED) is 0.284.